The molecule has 1 rings (SSSR count). The highest BCUT2D eigenvalue weighted by Gasteiger charge is 2.13. The van der Waals surface area contributed by atoms with Crippen LogP contribution in [0.4, 0.5) is 0 Å². The minimum atomic E-state index is -3.54. The topological polar surface area (TPSA) is 78.4 Å². The number of rotatable bonds is 6. The summed E-state index contributed by atoms with van der Waals surface area (Å²) in [5.74, 6) is 0. The fourth-order valence-corrected chi connectivity index (χ4v) is 2.14. The summed E-state index contributed by atoms with van der Waals surface area (Å²) in [5, 5.41) is 0. The molecule has 0 unspecified atom stereocenters. The van der Waals surface area contributed by atoms with Crippen LogP contribution in [-0.4, -0.2) is 15.0 Å². The number of hydrogen-bond acceptors (Lipinski definition) is 4. The van der Waals surface area contributed by atoms with E-state index in [1.165, 1.54) is 12.1 Å². The molecular weight excluding hydrogens is 226 g/mol. The Bertz CT molecular complexity index is 375. The Labute approximate surface area is 97.3 Å². The average Bonchev–Trinajstić information content (AvgIpc) is 2.26. The van der Waals surface area contributed by atoms with E-state index in [4.69, 9.17) is 4.18 Å². The molecule has 5 heteroatoms. The van der Waals surface area contributed by atoms with E-state index in [0.29, 0.717) is 0 Å². The zero-order valence-electron chi connectivity index (χ0n) is 9.56. The third-order valence-corrected chi connectivity index (χ3v) is 3.34. The van der Waals surface area contributed by atoms with Crippen LogP contribution >= 0.6 is 0 Å². The number of hydrogen-bond donors (Lipinski definition) is 1. The molecule has 0 fully saturated rings. The van der Waals surface area contributed by atoms with Crippen LogP contribution in [0.15, 0.2) is 35.2 Å². The van der Waals surface area contributed by atoms with Gasteiger partial charge in [-0.25, -0.2) is 0 Å². The molecule has 92 valence electrons. The lowest BCUT2D eigenvalue weighted by Crippen LogP contribution is -2.07. The molecule has 0 aliphatic rings. The highest BCUT2D eigenvalue weighted by molar-refractivity contribution is 7.86. The van der Waals surface area contributed by atoms with Gasteiger partial charge in [0.05, 0.1) is 11.5 Å². The number of unbranched alkanes of at least 4 members (excludes halogenated alkanes) is 2. The Morgan fingerprint density at radius 1 is 1.12 bits per heavy atom. The first kappa shape index (κ1) is 15.1. The van der Waals surface area contributed by atoms with Gasteiger partial charge < -0.3 is 6.15 Å². The van der Waals surface area contributed by atoms with Crippen molar-refractivity contribution in [2.24, 2.45) is 0 Å². The molecule has 0 aromatic heterocycles. The Hall–Kier alpha value is -0.910. The minimum Gasteiger partial charge on any atom is -0.344 e. The van der Waals surface area contributed by atoms with Crippen LogP contribution in [0.25, 0.3) is 0 Å². The molecule has 0 spiro atoms. The Morgan fingerprint density at radius 3 is 2.31 bits per heavy atom. The SMILES string of the molecule is CCCCCOS(=O)(=O)c1ccccc1.N. The second-order valence-electron chi connectivity index (χ2n) is 3.30. The molecule has 0 aliphatic carbocycles. The van der Waals surface area contributed by atoms with Gasteiger partial charge in [-0.3, -0.25) is 4.18 Å². The molecule has 0 amide bonds. The molecule has 4 nitrogen and oxygen atoms in total. The molecule has 3 N–H and O–H groups in total. The van der Waals surface area contributed by atoms with E-state index in [1.54, 1.807) is 18.2 Å². The van der Waals surface area contributed by atoms with E-state index < -0.39 is 10.1 Å². The third kappa shape index (κ3) is 4.74. The van der Waals surface area contributed by atoms with Gasteiger partial charge in [-0.05, 0) is 18.6 Å². The van der Waals surface area contributed by atoms with Crippen LogP contribution in [0.5, 0.6) is 0 Å². The van der Waals surface area contributed by atoms with Crippen molar-refractivity contribution < 1.29 is 12.6 Å². The summed E-state index contributed by atoms with van der Waals surface area (Å²) in [6, 6.07) is 8.21. The lowest BCUT2D eigenvalue weighted by molar-refractivity contribution is 0.308. The molecule has 1 aromatic rings. The fraction of sp³-hybridized carbons (Fsp3) is 0.455. The van der Waals surface area contributed by atoms with E-state index in [9.17, 15) is 8.42 Å². The molecule has 0 saturated carbocycles. The van der Waals surface area contributed by atoms with Crippen molar-refractivity contribution in [2.75, 3.05) is 6.61 Å². The van der Waals surface area contributed by atoms with E-state index in [0.717, 1.165) is 19.3 Å². The van der Waals surface area contributed by atoms with Crippen molar-refractivity contribution in [3.8, 4) is 0 Å². The quantitative estimate of drug-likeness (QED) is 0.617. The summed E-state index contributed by atoms with van der Waals surface area (Å²) in [7, 11) is -3.54. The molecule has 0 bridgehead atoms. The minimum absolute atomic E-state index is 0. The van der Waals surface area contributed by atoms with Crippen molar-refractivity contribution in [1.29, 1.82) is 0 Å². The van der Waals surface area contributed by atoms with E-state index in [-0.39, 0.29) is 17.7 Å². The largest absolute Gasteiger partial charge is 0.344 e. The highest BCUT2D eigenvalue weighted by atomic mass is 32.2. The summed E-state index contributed by atoms with van der Waals surface area (Å²) in [5.41, 5.74) is 0. The van der Waals surface area contributed by atoms with Crippen molar-refractivity contribution in [2.45, 2.75) is 31.1 Å². The maximum atomic E-state index is 11.6. The first-order valence-corrected chi connectivity index (χ1v) is 6.52. The van der Waals surface area contributed by atoms with Crippen LogP contribution in [0, 0.1) is 0 Å². The van der Waals surface area contributed by atoms with Gasteiger partial charge in [0.25, 0.3) is 10.1 Å². The van der Waals surface area contributed by atoms with Gasteiger partial charge in [-0.2, -0.15) is 8.42 Å². The molecule has 0 aliphatic heterocycles. The third-order valence-electron chi connectivity index (χ3n) is 2.02. The van der Waals surface area contributed by atoms with Crippen molar-refractivity contribution in [3.05, 3.63) is 30.3 Å². The lowest BCUT2D eigenvalue weighted by atomic mass is 10.3. The van der Waals surface area contributed by atoms with Gasteiger partial charge in [0.2, 0.25) is 0 Å². The maximum absolute atomic E-state index is 11.6. The molecule has 0 heterocycles. The molecule has 16 heavy (non-hydrogen) atoms. The van der Waals surface area contributed by atoms with Crippen LogP contribution < -0.4 is 6.15 Å². The van der Waals surface area contributed by atoms with E-state index in [1.807, 2.05) is 0 Å². The number of benzene rings is 1. The Balaban J connectivity index is 0.00000225. The maximum Gasteiger partial charge on any atom is 0.296 e. The molecule has 0 radical (unpaired) electrons. The van der Waals surface area contributed by atoms with Gasteiger partial charge >= 0.3 is 0 Å². The monoisotopic (exact) mass is 245 g/mol. The molecule has 0 saturated heterocycles. The summed E-state index contributed by atoms with van der Waals surface area (Å²) >= 11 is 0. The first-order valence-electron chi connectivity index (χ1n) is 5.11. The first-order chi connectivity index (χ1) is 7.17. The van der Waals surface area contributed by atoms with Crippen molar-refractivity contribution >= 4 is 10.1 Å². The van der Waals surface area contributed by atoms with Gasteiger partial charge in [0.1, 0.15) is 0 Å². The molecule has 1 aromatic carbocycles. The normalized spacial score (nSPS) is 10.8. The van der Waals surface area contributed by atoms with Crippen LogP contribution in [0.3, 0.4) is 0 Å². The van der Waals surface area contributed by atoms with Gasteiger partial charge in [0, 0.05) is 0 Å². The summed E-state index contributed by atoms with van der Waals surface area (Å²) in [6.45, 7) is 2.33. The summed E-state index contributed by atoms with van der Waals surface area (Å²) in [4.78, 5) is 0.224. The summed E-state index contributed by atoms with van der Waals surface area (Å²) in [6.07, 6.45) is 2.82. The Kier molecular flexibility index (Phi) is 6.96. The lowest BCUT2D eigenvalue weighted by Gasteiger charge is -2.04. The van der Waals surface area contributed by atoms with Crippen LogP contribution in [-0.2, 0) is 14.3 Å². The predicted molar refractivity (Wildman–Crippen MR) is 64.1 cm³/mol. The highest BCUT2D eigenvalue weighted by Crippen LogP contribution is 2.11. The predicted octanol–water partition coefficient (Wildman–Crippen LogP) is 2.74. The zero-order chi connectivity index (χ0) is 11.1. The second-order valence-corrected chi connectivity index (χ2v) is 4.91. The van der Waals surface area contributed by atoms with Gasteiger partial charge in [-0.1, -0.05) is 38.0 Å². The van der Waals surface area contributed by atoms with Gasteiger partial charge in [0.15, 0.2) is 0 Å². The van der Waals surface area contributed by atoms with Crippen molar-refractivity contribution in [3.63, 3.8) is 0 Å². The Morgan fingerprint density at radius 2 is 1.75 bits per heavy atom. The smallest absolute Gasteiger partial charge is 0.296 e. The van der Waals surface area contributed by atoms with Crippen LogP contribution in [0.2, 0.25) is 0 Å². The van der Waals surface area contributed by atoms with Crippen molar-refractivity contribution in [1.82, 2.24) is 6.15 Å². The fourth-order valence-electron chi connectivity index (χ4n) is 1.18. The van der Waals surface area contributed by atoms with E-state index >= 15 is 0 Å². The van der Waals surface area contributed by atoms with Gasteiger partial charge in [-0.15, -0.1) is 0 Å². The molecular formula is C11H19NO3S. The molecule has 0 atom stereocenters. The van der Waals surface area contributed by atoms with E-state index in [2.05, 4.69) is 6.92 Å². The summed E-state index contributed by atoms with van der Waals surface area (Å²) < 4.78 is 28.0. The second kappa shape index (κ2) is 7.38. The van der Waals surface area contributed by atoms with Crippen LogP contribution in [0.1, 0.15) is 26.2 Å². The standard InChI is InChI=1S/C11H16O3S.H3N/c1-2-3-7-10-14-15(12,13)11-8-5-4-6-9-11;/h4-6,8-9H,2-3,7,10H2,1H3;1H3. The zero-order valence-corrected chi connectivity index (χ0v) is 10.4. The average molecular weight is 245 g/mol.